The second-order valence-electron chi connectivity index (χ2n) is 5.00. The molecule has 3 rings (SSSR count). The Balaban J connectivity index is 1.71. The molecular formula is C16H16N2OS2. The first-order valence-corrected chi connectivity index (χ1v) is 8.62. The highest BCUT2D eigenvalue weighted by molar-refractivity contribution is 8.01. The van der Waals surface area contributed by atoms with E-state index in [0.717, 1.165) is 17.9 Å². The number of thiophene rings is 1. The van der Waals surface area contributed by atoms with Crippen LogP contribution in [0.5, 0.6) is 5.75 Å². The fourth-order valence-corrected chi connectivity index (χ4v) is 5.02. The van der Waals surface area contributed by atoms with Crippen molar-refractivity contribution in [1.82, 2.24) is 0 Å². The van der Waals surface area contributed by atoms with Crippen molar-refractivity contribution in [3.05, 3.63) is 41.3 Å². The summed E-state index contributed by atoms with van der Waals surface area (Å²) in [5.74, 6) is 0.728. The van der Waals surface area contributed by atoms with Gasteiger partial charge in [0.2, 0.25) is 0 Å². The van der Waals surface area contributed by atoms with E-state index in [0.29, 0.717) is 11.3 Å². The molecule has 1 N–H and O–H groups in total. The minimum atomic E-state index is 0.0857. The number of fused-ring (bicyclic) bond motifs is 1. The van der Waals surface area contributed by atoms with E-state index in [1.54, 1.807) is 0 Å². The highest BCUT2D eigenvalue weighted by Gasteiger charge is 2.26. The van der Waals surface area contributed by atoms with Gasteiger partial charge < -0.3 is 10.1 Å². The number of rotatable bonds is 4. The predicted octanol–water partition coefficient (Wildman–Crippen LogP) is 4.69. The van der Waals surface area contributed by atoms with Crippen LogP contribution in [0.15, 0.2) is 39.9 Å². The predicted molar refractivity (Wildman–Crippen MR) is 88.2 cm³/mol. The van der Waals surface area contributed by atoms with Gasteiger partial charge in [0, 0.05) is 10.9 Å². The number of nitrogens with zero attached hydrogens (tertiary/aromatic N) is 1. The maximum Gasteiger partial charge on any atom is 0.174 e. The maximum absolute atomic E-state index is 8.51. The molecule has 0 saturated carbocycles. The number of benzene rings is 1. The van der Waals surface area contributed by atoms with Crippen molar-refractivity contribution < 1.29 is 4.74 Å². The molecule has 0 amide bonds. The van der Waals surface area contributed by atoms with Crippen LogP contribution in [0, 0.1) is 11.3 Å². The molecule has 108 valence electrons. The Morgan fingerprint density at radius 1 is 1.33 bits per heavy atom. The number of nitrogens with one attached hydrogen (secondary N) is 1. The molecule has 1 aliphatic heterocycles. The largest absolute Gasteiger partial charge is 0.479 e. The summed E-state index contributed by atoms with van der Waals surface area (Å²) in [6.45, 7) is 2.36. The number of nitriles is 1. The van der Waals surface area contributed by atoms with Crippen molar-refractivity contribution in [1.29, 1.82) is 5.26 Å². The van der Waals surface area contributed by atoms with E-state index in [1.807, 2.05) is 53.4 Å². The van der Waals surface area contributed by atoms with Crippen LogP contribution in [0.1, 0.15) is 24.9 Å². The summed E-state index contributed by atoms with van der Waals surface area (Å²) < 4.78 is 6.70. The molecule has 1 aromatic carbocycles. The van der Waals surface area contributed by atoms with Gasteiger partial charge in [0.15, 0.2) is 6.61 Å². The zero-order chi connectivity index (χ0) is 14.7. The second-order valence-corrected chi connectivity index (χ2v) is 7.62. The maximum atomic E-state index is 8.51. The van der Waals surface area contributed by atoms with Gasteiger partial charge in [0.25, 0.3) is 0 Å². The van der Waals surface area contributed by atoms with Crippen LogP contribution in [-0.2, 0) is 0 Å². The molecule has 0 fully saturated rings. The lowest BCUT2D eigenvalue weighted by Crippen LogP contribution is -2.18. The van der Waals surface area contributed by atoms with Gasteiger partial charge in [0.1, 0.15) is 11.8 Å². The van der Waals surface area contributed by atoms with Gasteiger partial charge in [-0.05, 0) is 47.7 Å². The Bertz CT molecular complexity index is 645. The lowest BCUT2D eigenvalue weighted by molar-refractivity contribution is 0.368. The number of ether oxygens (including phenoxy) is 1. The molecule has 21 heavy (non-hydrogen) atoms. The molecule has 2 aromatic rings. The van der Waals surface area contributed by atoms with Crippen LogP contribution in [0.25, 0.3) is 0 Å². The number of thioether (sulfide) groups is 1. The van der Waals surface area contributed by atoms with Crippen molar-refractivity contribution >= 4 is 28.8 Å². The van der Waals surface area contributed by atoms with E-state index in [9.17, 15) is 0 Å². The van der Waals surface area contributed by atoms with Crippen LogP contribution in [0.4, 0.5) is 5.69 Å². The lowest BCUT2D eigenvalue weighted by atomic mass is 10.0. The van der Waals surface area contributed by atoms with E-state index in [2.05, 4.69) is 23.7 Å². The smallest absolute Gasteiger partial charge is 0.174 e. The van der Waals surface area contributed by atoms with Crippen LogP contribution < -0.4 is 10.1 Å². The summed E-state index contributed by atoms with van der Waals surface area (Å²) in [6.07, 6.45) is 1.13. The molecule has 1 unspecified atom stereocenters. The van der Waals surface area contributed by atoms with Crippen molar-refractivity contribution in [3.8, 4) is 11.8 Å². The van der Waals surface area contributed by atoms with E-state index in [-0.39, 0.29) is 6.61 Å². The lowest BCUT2D eigenvalue weighted by Gasteiger charge is -2.28. The van der Waals surface area contributed by atoms with Crippen molar-refractivity contribution in [3.63, 3.8) is 0 Å². The summed E-state index contributed by atoms with van der Waals surface area (Å²) in [5, 5.41) is 14.9. The first kappa shape index (κ1) is 14.3. The Morgan fingerprint density at radius 2 is 2.14 bits per heavy atom. The average Bonchev–Trinajstić information content (AvgIpc) is 2.95. The molecule has 1 aromatic heterocycles. The van der Waals surface area contributed by atoms with E-state index >= 15 is 0 Å². The summed E-state index contributed by atoms with van der Waals surface area (Å²) in [7, 11) is 0. The third kappa shape index (κ3) is 3.34. The molecule has 0 saturated heterocycles. The van der Waals surface area contributed by atoms with Gasteiger partial charge in [-0.3, -0.25) is 0 Å². The SMILES string of the molecule is C[C@H]1CC(Nc2ccc(OCC#N)cc2)c2ccsc2S1. The molecule has 0 spiro atoms. The molecule has 0 radical (unpaired) electrons. The van der Waals surface area contributed by atoms with Gasteiger partial charge in [-0.2, -0.15) is 5.26 Å². The third-order valence-corrected chi connectivity index (χ3v) is 5.75. The molecule has 0 aliphatic carbocycles. The summed E-state index contributed by atoms with van der Waals surface area (Å²) in [4.78, 5) is 0. The second kappa shape index (κ2) is 6.42. The Hall–Kier alpha value is -1.64. The topological polar surface area (TPSA) is 45.0 Å². The molecule has 2 heterocycles. The number of hydrogen-bond donors (Lipinski definition) is 1. The van der Waals surface area contributed by atoms with Gasteiger partial charge in [-0.1, -0.05) is 6.92 Å². The molecule has 3 nitrogen and oxygen atoms in total. The molecule has 5 heteroatoms. The Kier molecular flexibility index (Phi) is 4.37. The standard InChI is InChI=1S/C16H16N2OS2/c1-11-10-15(14-6-9-20-16(14)21-11)18-12-2-4-13(5-3-12)19-8-7-17/h2-6,9,11,15,18H,8,10H2,1H3/t11-,15?/m0/s1. The first-order chi connectivity index (χ1) is 10.3. The van der Waals surface area contributed by atoms with Crippen LogP contribution in [0.3, 0.4) is 0 Å². The van der Waals surface area contributed by atoms with Gasteiger partial charge >= 0.3 is 0 Å². The van der Waals surface area contributed by atoms with E-state index < -0.39 is 0 Å². The van der Waals surface area contributed by atoms with Crippen LogP contribution in [0.2, 0.25) is 0 Å². The highest BCUT2D eigenvalue weighted by Crippen LogP contribution is 2.44. The number of anilines is 1. The van der Waals surface area contributed by atoms with Crippen LogP contribution >= 0.6 is 23.1 Å². The van der Waals surface area contributed by atoms with E-state index in [4.69, 9.17) is 10.00 Å². The van der Waals surface area contributed by atoms with Gasteiger partial charge in [-0.15, -0.1) is 23.1 Å². The van der Waals surface area contributed by atoms with Gasteiger partial charge in [0.05, 0.1) is 10.3 Å². The van der Waals surface area contributed by atoms with E-state index in [1.165, 1.54) is 9.77 Å². The van der Waals surface area contributed by atoms with Crippen molar-refractivity contribution in [2.24, 2.45) is 0 Å². The third-order valence-electron chi connectivity index (χ3n) is 3.41. The molecule has 1 aliphatic rings. The fourth-order valence-electron chi connectivity index (χ4n) is 2.45. The fraction of sp³-hybridized carbons (Fsp3) is 0.312. The zero-order valence-electron chi connectivity index (χ0n) is 11.7. The first-order valence-electron chi connectivity index (χ1n) is 6.86. The Labute approximate surface area is 132 Å². The minimum Gasteiger partial charge on any atom is -0.479 e. The minimum absolute atomic E-state index is 0.0857. The van der Waals surface area contributed by atoms with Crippen molar-refractivity contribution in [2.75, 3.05) is 11.9 Å². The summed E-state index contributed by atoms with van der Waals surface area (Å²) in [6, 6.07) is 12.4. The quantitative estimate of drug-likeness (QED) is 0.889. The monoisotopic (exact) mass is 316 g/mol. The van der Waals surface area contributed by atoms with Crippen molar-refractivity contribution in [2.45, 2.75) is 28.8 Å². The summed E-state index contributed by atoms with van der Waals surface area (Å²) >= 11 is 3.80. The van der Waals surface area contributed by atoms with Gasteiger partial charge in [-0.25, -0.2) is 0 Å². The Morgan fingerprint density at radius 3 is 2.90 bits per heavy atom. The zero-order valence-corrected chi connectivity index (χ0v) is 13.3. The summed E-state index contributed by atoms with van der Waals surface area (Å²) in [5.41, 5.74) is 2.49. The molecule has 0 bridgehead atoms. The number of hydrogen-bond acceptors (Lipinski definition) is 5. The van der Waals surface area contributed by atoms with Crippen LogP contribution in [-0.4, -0.2) is 11.9 Å². The normalized spacial score (nSPS) is 20.4. The highest BCUT2D eigenvalue weighted by atomic mass is 32.2. The molecular weight excluding hydrogens is 300 g/mol. The molecule has 2 atom stereocenters. The average molecular weight is 316 g/mol.